The summed E-state index contributed by atoms with van der Waals surface area (Å²) in [7, 11) is 3.41. The Balaban J connectivity index is 2.52. The highest BCUT2D eigenvalue weighted by Gasteiger charge is 2.31. The van der Waals surface area contributed by atoms with Gasteiger partial charge in [-0.05, 0) is 13.8 Å². The molecule has 0 saturated carbocycles. The maximum atomic E-state index is 6.15. The summed E-state index contributed by atoms with van der Waals surface area (Å²) in [5.74, 6) is 0.429. The average Bonchev–Trinajstić information content (AvgIpc) is 2.97. The zero-order chi connectivity index (χ0) is 15.5. The van der Waals surface area contributed by atoms with E-state index in [2.05, 4.69) is 12.2 Å². The first kappa shape index (κ1) is 18.6. The van der Waals surface area contributed by atoms with Crippen molar-refractivity contribution in [3.8, 4) is 0 Å². The summed E-state index contributed by atoms with van der Waals surface area (Å²) in [6.07, 6.45) is 4.29. The summed E-state index contributed by atoms with van der Waals surface area (Å²) in [5.41, 5.74) is 0. The average molecular weight is 302 g/mol. The highest BCUT2D eigenvalue weighted by atomic mass is 16.5. The molecule has 0 amide bonds. The molecule has 0 N–H and O–H groups in total. The summed E-state index contributed by atoms with van der Waals surface area (Å²) in [4.78, 5) is 0. The number of rotatable bonds is 12. The van der Waals surface area contributed by atoms with Crippen molar-refractivity contribution < 1.29 is 23.7 Å². The first-order valence-electron chi connectivity index (χ1n) is 7.73. The van der Waals surface area contributed by atoms with Gasteiger partial charge in [0.1, 0.15) is 0 Å². The van der Waals surface area contributed by atoms with E-state index in [0.717, 1.165) is 0 Å². The van der Waals surface area contributed by atoms with Gasteiger partial charge in [-0.15, -0.1) is 0 Å². The molecule has 124 valence electrons. The monoisotopic (exact) mass is 302 g/mol. The standard InChI is InChI=1S/C16H30O5/c1-5-19-11-13(9-17-3)15-7-8-16(21-15)14(10-18-4)12-20-6-2/h7-8,13-16H,5-6,9-12H2,1-4H3. The third kappa shape index (κ3) is 6.45. The van der Waals surface area contributed by atoms with Crippen LogP contribution in [0.2, 0.25) is 0 Å². The second kappa shape index (κ2) is 11.2. The molecule has 0 aromatic rings. The van der Waals surface area contributed by atoms with E-state index in [-0.39, 0.29) is 24.0 Å². The van der Waals surface area contributed by atoms with E-state index >= 15 is 0 Å². The van der Waals surface area contributed by atoms with Crippen LogP contribution < -0.4 is 0 Å². The molecular formula is C16H30O5. The van der Waals surface area contributed by atoms with E-state index in [9.17, 15) is 0 Å². The lowest BCUT2D eigenvalue weighted by Crippen LogP contribution is -2.34. The minimum Gasteiger partial charge on any atom is -0.384 e. The fourth-order valence-electron chi connectivity index (χ4n) is 2.47. The molecule has 5 nitrogen and oxygen atoms in total. The zero-order valence-electron chi connectivity index (χ0n) is 13.7. The minimum atomic E-state index is 0.0301. The molecule has 1 aliphatic rings. The lowest BCUT2D eigenvalue weighted by Gasteiger charge is -2.26. The van der Waals surface area contributed by atoms with Crippen molar-refractivity contribution in [2.75, 3.05) is 53.9 Å². The summed E-state index contributed by atoms with van der Waals surface area (Å²) in [6.45, 7) is 7.94. The van der Waals surface area contributed by atoms with Gasteiger partial charge in [-0.1, -0.05) is 12.2 Å². The van der Waals surface area contributed by atoms with Crippen molar-refractivity contribution in [1.29, 1.82) is 0 Å². The molecule has 0 aliphatic carbocycles. The van der Waals surface area contributed by atoms with Crippen LogP contribution in [0, 0.1) is 11.8 Å². The molecule has 1 aliphatic heterocycles. The van der Waals surface area contributed by atoms with Crippen LogP contribution in [0.5, 0.6) is 0 Å². The van der Waals surface area contributed by atoms with Crippen LogP contribution in [-0.4, -0.2) is 66.1 Å². The number of hydrogen-bond donors (Lipinski definition) is 0. The van der Waals surface area contributed by atoms with Gasteiger partial charge in [-0.2, -0.15) is 0 Å². The van der Waals surface area contributed by atoms with Gasteiger partial charge in [0.2, 0.25) is 0 Å². The van der Waals surface area contributed by atoms with E-state index in [1.165, 1.54) is 0 Å². The van der Waals surface area contributed by atoms with E-state index in [1.807, 2.05) is 13.8 Å². The van der Waals surface area contributed by atoms with Crippen LogP contribution in [0.3, 0.4) is 0 Å². The summed E-state index contributed by atoms with van der Waals surface area (Å²) >= 11 is 0. The van der Waals surface area contributed by atoms with Crippen LogP contribution in [0.4, 0.5) is 0 Å². The molecule has 4 unspecified atom stereocenters. The van der Waals surface area contributed by atoms with Gasteiger partial charge in [0.05, 0.1) is 38.6 Å². The Labute approximate surface area is 128 Å². The van der Waals surface area contributed by atoms with E-state index < -0.39 is 0 Å². The van der Waals surface area contributed by atoms with Gasteiger partial charge < -0.3 is 23.7 Å². The molecule has 0 bridgehead atoms. The molecule has 1 rings (SSSR count). The van der Waals surface area contributed by atoms with Crippen molar-refractivity contribution in [1.82, 2.24) is 0 Å². The number of ether oxygens (including phenoxy) is 5. The Bertz CT molecular complexity index is 256. The fraction of sp³-hybridized carbons (Fsp3) is 0.875. The van der Waals surface area contributed by atoms with Crippen LogP contribution in [0.15, 0.2) is 12.2 Å². The molecule has 0 aromatic carbocycles. The Morgan fingerprint density at radius 2 is 1.24 bits per heavy atom. The smallest absolute Gasteiger partial charge is 0.0837 e. The van der Waals surface area contributed by atoms with E-state index in [1.54, 1.807) is 14.2 Å². The molecular weight excluding hydrogens is 272 g/mol. The third-order valence-corrected chi connectivity index (χ3v) is 3.57. The van der Waals surface area contributed by atoms with Crippen LogP contribution in [-0.2, 0) is 23.7 Å². The molecule has 0 saturated heterocycles. The molecule has 5 heteroatoms. The van der Waals surface area contributed by atoms with Crippen molar-refractivity contribution in [2.45, 2.75) is 26.1 Å². The van der Waals surface area contributed by atoms with Crippen LogP contribution >= 0.6 is 0 Å². The Morgan fingerprint density at radius 3 is 1.57 bits per heavy atom. The molecule has 4 atom stereocenters. The molecule has 21 heavy (non-hydrogen) atoms. The first-order valence-corrected chi connectivity index (χ1v) is 7.73. The molecule has 0 radical (unpaired) electrons. The predicted octanol–water partition coefficient (Wildman–Crippen LogP) is 1.91. The van der Waals surface area contributed by atoms with Crippen LogP contribution in [0.25, 0.3) is 0 Å². The number of hydrogen-bond acceptors (Lipinski definition) is 5. The summed E-state index contributed by atoms with van der Waals surface area (Å²) in [6, 6.07) is 0. The van der Waals surface area contributed by atoms with Crippen molar-refractivity contribution in [3.63, 3.8) is 0 Å². The van der Waals surface area contributed by atoms with Gasteiger partial charge in [0.15, 0.2) is 0 Å². The lowest BCUT2D eigenvalue weighted by atomic mass is 10.0. The maximum absolute atomic E-state index is 6.15. The predicted molar refractivity (Wildman–Crippen MR) is 81.5 cm³/mol. The van der Waals surface area contributed by atoms with Gasteiger partial charge >= 0.3 is 0 Å². The topological polar surface area (TPSA) is 46.2 Å². The Hall–Kier alpha value is -0.460. The van der Waals surface area contributed by atoms with Gasteiger partial charge in [-0.3, -0.25) is 0 Å². The van der Waals surface area contributed by atoms with Crippen molar-refractivity contribution in [2.24, 2.45) is 11.8 Å². The quantitative estimate of drug-likeness (QED) is 0.515. The second-order valence-electron chi connectivity index (χ2n) is 5.20. The molecule has 0 aromatic heterocycles. The van der Waals surface area contributed by atoms with Crippen molar-refractivity contribution >= 4 is 0 Å². The summed E-state index contributed by atoms with van der Waals surface area (Å²) < 4.78 is 27.8. The van der Waals surface area contributed by atoms with Gasteiger partial charge in [0.25, 0.3) is 0 Å². The SMILES string of the molecule is CCOCC(COC)C1C=CC(C(COC)COCC)O1. The minimum absolute atomic E-state index is 0.0301. The normalized spacial score (nSPS) is 24.4. The molecule has 0 fully saturated rings. The molecule has 1 heterocycles. The van der Waals surface area contributed by atoms with E-state index in [4.69, 9.17) is 23.7 Å². The zero-order valence-corrected chi connectivity index (χ0v) is 13.7. The van der Waals surface area contributed by atoms with Crippen LogP contribution in [0.1, 0.15) is 13.8 Å². The molecule has 0 spiro atoms. The Kier molecular flexibility index (Phi) is 9.87. The Morgan fingerprint density at radius 1 is 0.810 bits per heavy atom. The van der Waals surface area contributed by atoms with E-state index in [0.29, 0.717) is 39.6 Å². The fourth-order valence-corrected chi connectivity index (χ4v) is 2.47. The van der Waals surface area contributed by atoms with Crippen molar-refractivity contribution in [3.05, 3.63) is 12.2 Å². The largest absolute Gasteiger partial charge is 0.384 e. The van der Waals surface area contributed by atoms with Gasteiger partial charge in [0, 0.05) is 39.3 Å². The highest BCUT2D eigenvalue weighted by molar-refractivity contribution is 5.06. The summed E-state index contributed by atoms with van der Waals surface area (Å²) in [5, 5.41) is 0. The third-order valence-electron chi connectivity index (χ3n) is 3.57. The highest BCUT2D eigenvalue weighted by Crippen LogP contribution is 2.25. The number of methoxy groups -OCH3 is 2. The first-order chi connectivity index (χ1) is 10.3. The maximum Gasteiger partial charge on any atom is 0.0837 e. The van der Waals surface area contributed by atoms with Gasteiger partial charge in [-0.25, -0.2) is 0 Å². The second-order valence-corrected chi connectivity index (χ2v) is 5.20. The lowest BCUT2D eigenvalue weighted by molar-refractivity contribution is -0.0693.